The third kappa shape index (κ3) is 3.35. The summed E-state index contributed by atoms with van der Waals surface area (Å²) in [5.41, 5.74) is 9.82. The summed E-state index contributed by atoms with van der Waals surface area (Å²) >= 11 is 0. The van der Waals surface area contributed by atoms with E-state index in [1.54, 1.807) is 12.1 Å². The van der Waals surface area contributed by atoms with E-state index in [9.17, 15) is 0 Å². The lowest BCUT2D eigenvalue weighted by molar-refractivity contribution is 0.306. The molecule has 0 saturated heterocycles. The summed E-state index contributed by atoms with van der Waals surface area (Å²) in [6.07, 6.45) is 0. The SMILES string of the molecule is Cc1ccc(COc2ccc(C(=N)N)cc2)cc1C. The van der Waals surface area contributed by atoms with E-state index < -0.39 is 0 Å². The zero-order valence-electron chi connectivity index (χ0n) is 11.2. The molecular formula is C16H18N2O. The minimum Gasteiger partial charge on any atom is -0.489 e. The highest BCUT2D eigenvalue weighted by molar-refractivity contribution is 5.94. The van der Waals surface area contributed by atoms with Crippen LogP contribution in [0.25, 0.3) is 0 Å². The Morgan fingerprint density at radius 3 is 2.32 bits per heavy atom. The highest BCUT2D eigenvalue weighted by Crippen LogP contribution is 2.15. The average Bonchev–Trinajstić information content (AvgIpc) is 2.40. The van der Waals surface area contributed by atoms with Crippen LogP contribution in [0.3, 0.4) is 0 Å². The molecule has 98 valence electrons. The number of ether oxygens (including phenoxy) is 1. The second kappa shape index (κ2) is 5.57. The summed E-state index contributed by atoms with van der Waals surface area (Å²) in [5, 5.41) is 7.32. The van der Waals surface area contributed by atoms with Crippen molar-refractivity contribution in [2.45, 2.75) is 20.5 Å². The largest absolute Gasteiger partial charge is 0.489 e. The van der Waals surface area contributed by atoms with E-state index >= 15 is 0 Å². The molecule has 0 bridgehead atoms. The Morgan fingerprint density at radius 1 is 1.05 bits per heavy atom. The van der Waals surface area contributed by atoms with Crippen molar-refractivity contribution < 1.29 is 4.74 Å². The summed E-state index contributed by atoms with van der Waals surface area (Å²) in [4.78, 5) is 0. The maximum Gasteiger partial charge on any atom is 0.122 e. The van der Waals surface area contributed by atoms with Gasteiger partial charge in [0.1, 0.15) is 18.2 Å². The molecule has 2 aromatic rings. The summed E-state index contributed by atoms with van der Waals surface area (Å²) in [5.74, 6) is 0.851. The summed E-state index contributed by atoms with van der Waals surface area (Å²) in [6, 6.07) is 13.6. The van der Waals surface area contributed by atoms with Crippen molar-refractivity contribution in [3.8, 4) is 5.75 Å². The van der Waals surface area contributed by atoms with Crippen LogP contribution in [0.15, 0.2) is 42.5 Å². The lowest BCUT2D eigenvalue weighted by atomic mass is 10.1. The van der Waals surface area contributed by atoms with Crippen LogP contribution in [0.5, 0.6) is 5.75 Å². The predicted molar refractivity (Wildman–Crippen MR) is 77.7 cm³/mol. The predicted octanol–water partition coefficient (Wildman–Crippen LogP) is 3.17. The number of amidine groups is 1. The Bertz CT molecular complexity index is 588. The van der Waals surface area contributed by atoms with Crippen molar-refractivity contribution in [2.24, 2.45) is 5.73 Å². The van der Waals surface area contributed by atoms with Gasteiger partial charge in [-0.05, 0) is 54.8 Å². The van der Waals surface area contributed by atoms with Gasteiger partial charge in [0.25, 0.3) is 0 Å². The van der Waals surface area contributed by atoms with Gasteiger partial charge in [0.15, 0.2) is 0 Å². The van der Waals surface area contributed by atoms with Crippen molar-refractivity contribution in [3.05, 3.63) is 64.7 Å². The van der Waals surface area contributed by atoms with E-state index in [4.69, 9.17) is 15.9 Å². The Labute approximate surface area is 113 Å². The van der Waals surface area contributed by atoms with Gasteiger partial charge in [-0.25, -0.2) is 0 Å². The summed E-state index contributed by atoms with van der Waals surface area (Å²) < 4.78 is 5.71. The van der Waals surface area contributed by atoms with E-state index in [-0.39, 0.29) is 5.84 Å². The van der Waals surface area contributed by atoms with E-state index in [0.29, 0.717) is 12.2 Å². The van der Waals surface area contributed by atoms with Gasteiger partial charge in [0.05, 0.1) is 0 Å². The third-order valence-corrected chi connectivity index (χ3v) is 3.14. The topological polar surface area (TPSA) is 59.1 Å². The first kappa shape index (κ1) is 13.1. The molecule has 0 amide bonds. The molecule has 0 fully saturated rings. The van der Waals surface area contributed by atoms with Crippen LogP contribution in [-0.4, -0.2) is 5.84 Å². The smallest absolute Gasteiger partial charge is 0.122 e. The van der Waals surface area contributed by atoms with Gasteiger partial charge in [-0.15, -0.1) is 0 Å². The standard InChI is InChI=1S/C16H18N2O/c1-11-3-4-13(9-12(11)2)10-19-15-7-5-14(6-8-15)16(17)18/h3-9H,10H2,1-2H3,(H3,17,18). The number of nitrogen functional groups attached to an aromatic ring is 1. The fourth-order valence-corrected chi connectivity index (χ4v) is 1.79. The molecule has 0 radical (unpaired) electrons. The number of benzene rings is 2. The molecule has 0 aromatic heterocycles. The molecule has 0 heterocycles. The lowest BCUT2D eigenvalue weighted by Crippen LogP contribution is -2.10. The van der Waals surface area contributed by atoms with E-state index in [1.165, 1.54) is 11.1 Å². The van der Waals surface area contributed by atoms with E-state index in [2.05, 4.69) is 32.0 Å². The van der Waals surface area contributed by atoms with Crippen LogP contribution in [0.4, 0.5) is 0 Å². The molecule has 0 atom stereocenters. The Kier molecular flexibility index (Phi) is 3.85. The molecular weight excluding hydrogens is 236 g/mol. The number of aryl methyl sites for hydroxylation is 2. The first-order valence-electron chi connectivity index (χ1n) is 6.19. The van der Waals surface area contributed by atoms with Crippen LogP contribution in [0.2, 0.25) is 0 Å². The Morgan fingerprint density at radius 2 is 1.74 bits per heavy atom. The fraction of sp³-hybridized carbons (Fsp3) is 0.188. The van der Waals surface area contributed by atoms with Gasteiger partial charge in [0, 0.05) is 5.56 Å². The number of rotatable bonds is 4. The molecule has 3 N–H and O–H groups in total. The van der Waals surface area contributed by atoms with Crippen molar-refractivity contribution in [1.82, 2.24) is 0 Å². The second-order valence-corrected chi connectivity index (χ2v) is 4.65. The van der Waals surface area contributed by atoms with Gasteiger partial charge in [-0.2, -0.15) is 0 Å². The van der Waals surface area contributed by atoms with Gasteiger partial charge < -0.3 is 10.5 Å². The van der Waals surface area contributed by atoms with Crippen LogP contribution in [-0.2, 0) is 6.61 Å². The van der Waals surface area contributed by atoms with E-state index in [1.807, 2.05) is 12.1 Å². The number of nitrogens with two attached hydrogens (primary N) is 1. The maximum absolute atomic E-state index is 7.32. The zero-order chi connectivity index (χ0) is 13.8. The highest BCUT2D eigenvalue weighted by Gasteiger charge is 2.00. The normalized spacial score (nSPS) is 10.2. The van der Waals surface area contributed by atoms with Crippen LogP contribution >= 0.6 is 0 Å². The minimum atomic E-state index is 0.0701. The molecule has 2 aromatic carbocycles. The molecule has 0 aliphatic heterocycles. The molecule has 0 aliphatic carbocycles. The fourth-order valence-electron chi connectivity index (χ4n) is 1.79. The van der Waals surface area contributed by atoms with Crippen LogP contribution in [0.1, 0.15) is 22.3 Å². The second-order valence-electron chi connectivity index (χ2n) is 4.65. The number of hydrogen-bond acceptors (Lipinski definition) is 2. The Hall–Kier alpha value is -2.29. The number of nitrogens with one attached hydrogen (secondary N) is 1. The van der Waals surface area contributed by atoms with Gasteiger partial charge >= 0.3 is 0 Å². The molecule has 2 rings (SSSR count). The summed E-state index contributed by atoms with van der Waals surface area (Å²) in [6.45, 7) is 4.74. The number of hydrogen-bond donors (Lipinski definition) is 2. The lowest BCUT2D eigenvalue weighted by Gasteiger charge is -2.08. The molecule has 0 unspecified atom stereocenters. The third-order valence-electron chi connectivity index (χ3n) is 3.14. The van der Waals surface area contributed by atoms with Crippen LogP contribution in [0, 0.1) is 19.3 Å². The molecule has 0 aliphatic rings. The Balaban J connectivity index is 2.01. The zero-order valence-corrected chi connectivity index (χ0v) is 11.2. The summed E-state index contributed by atoms with van der Waals surface area (Å²) in [7, 11) is 0. The quantitative estimate of drug-likeness (QED) is 0.650. The maximum atomic E-state index is 7.32. The van der Waals surface area contributed by atoms with Gasteiger partial charge in [-0.1, -0.05) is 18.2 Å². The average molecular weight is 254 g/mol. The molecule has 3 heteroatoms. The van der Waals surface area contributed by atoms with Gasteiger partial charge in [0.2, 0.25) is 0 Å². The minimum absolute atomic E-state index is 0.0701. The first-order chi connectivity index (χ1) is 9.06. The van der Waals surface area contributed by atoms with Crippen molar-refractivity contribution >= 4 is 5.84 Å². The van der Waals surface area contributed by atoms with Crippen molar-refractivity contribution in [3.63, 3.8) is 0 Å². The van der Waals surface area contributed by atoms with Crippen molar-refractivity contribution in [1.29, 1.82) is 5.41 Å². The molecule has 0 spiro atoms. The highest BCUT2D eigenvalue weighted by atomic mass is 16.5. The first-order valence-corrected chi connectivity index (χ1v) is 6.19. The molecule has 19 heavy (non-hydrogen) atoms. The van der Waals surface area contributed by atoms with Crippen LogP contribution < -0.4 is 10.5 Å². The molecule has 3 nitrogen and oxygen atoms in total. The van der Waals surface area contributed by atoms with E-state index in [0.717, 1.165) is 11.3 Å². The molecule has 0 saturated carbocycles. The monoisotopic (exact) mass is 254 g/mol. The van der Waals surface area contributed by atoms with Gasteiger partial charge in [-0.3, -0.25) is 5.41 Å². The van der Waals surface area contributed by atoms with Crippen molar-refractivity contribution in [2.75, 3.05) is 0 Å².